The van der Waals surface area contributed by atoms with Crippen LogP contribution in [0.25, 0.3) is 6.08 Å². The Labute approximate surface area is 73.7 Å². The smallest absolute Gasteiger partial charge is 0.126 e. The third-order valence-corrected chi connectivity index (χ3v) is 1.58. The quantitative estimate of drug-likeness (QED) is 0.649. The van der Waals surface area contributed by atoms with E-state index in [1.54, 1.807) is 7.11 Å². The van der Waals surface area contributed by atoms with Crippen molar-refractivity contribution in [2.75, 3.05) is 7.11 Å². The molecule has 0 heterocycles. The van der Waals surface area contributed by atoms with Gasteiger partial charge in [-0.2, -0.15) is 0 Å². The van der Waals surface area contributed by atoms with Crippen LogP contribution in [0.4, 0.5) is 0 Å². The van der Waals surface area contributed by atoms with E-state index in [4.69, 9.17) is 4.74 Å². The van der Waals surface area contributed by atoms with Gasteiger partial charge in [0.15, 0.2) is 0 Å². The number of ether oxygens (including phenoxy) is 1. The Morgan fingerprint density at radius 2 is 1.92 bits per heavy atom. The molecule has 0 radical (unpaired) electrons. The van der Waals surface area contributed by atoms with Gasteiger partial charge in [-0.3, -0.25) is 0 Å². The van der Waals surface area contributed by atoms with Crippen LogP contribution in [0.3, 0.4) is 0 Å². The fourth-order valence-corrected chi connectivity index (χ4v) is 1.10. The maximum absolute atomic E-state index is 5.20. The first-order valence-electron chi connectivity index (χ1n) is 4.02. The van der Waals surface area contributed by atoms with E-state index >= 15 is 0 Å². The molecule has 1 aromatic carbocycles. The largest absolute Gasteiger partial charge is 0.496 e. The highest BCUT2D eigenvalue weighted by Crippen LogP contribution is 2.19. The van der Waals surface area contributed by atoms with Crippen LogP contribution in [0.15, 0.2) is 29.8 Å². The van der Waals surface area contributed by atoms with Crippen molar-refractivity contribution >= 4 is 6.08 Å². The van der Waals surface area contributed by atoms with E-state index in [-0.39, 0.29) is 0 Å². The second-order valence-electron chi connectivity index (χ2n) is 2.96. The van der Waals surface area contributed by atoms with E-state index in [1.807, 2.05) is 24.3 Å². The Balaban J connectivity index is 3.05. The number of hydrogen-bond donors (Lipinski definition) is 0. The lowest BCUT2D eigenvalue weighted by molar-refractivity contribution is 0.414. The number of allylic oxidation sites excluding steroid dienone is 1. The number of rotatable bonds is 2. The van der Waals surface area contributed by atoms with Crippen molar-refractivity contribution in [3.63, 3.8) is 0 Å². The van der Waals surface area contributed by atoms with Gasteiger partial charge in [-0.25, -0.2) is 0 Å². The van der Waals surface area contributed by atoms with Gasteiger partial charge in [-0.1, -0.05) is 29.8 Å². The minimum atomic E-state index is 0.929. The molecule has 12 heavy (non-hydrogen) atoms. The van der Waals surface area contributed by atoms with E-state index in [0.29, 0.717) is 0 Å². The number of hydrogen-bond acceptors (Lipinski definition) is 1. The molecule has 0 spiro atoms. The van der Waals surface area contributed by atoms with Crippen molar-refractivity contribution in [2.45, 2.75) is 13.8 Å². The Hall–Kier alpha value is -1.24. The average molecular weight is 162 g/mol. The zero-order valence-electron chi connectivity index (χ0n) is 7.79. The Bertz CT molecular complexity index is 283. The standard InChI is InChI=1S/C11H14O/c1-9(2)8-10-6-4-5-7-11(10)12-3/h4-8H,1-3H3. The summed E-state index contributed by atoms with van der Waals surface area (Å²) in [6.45, 7) is 4.15. The Morgan fingerprint density at radius 3 is 2.50 bits per heavy atom. The van der Waals surface area contributed by atoms with E-state index in [2.05, 4.69) is 19.9 Å². The van der Waals surface area contributed by atoms with Gasteiger partial charge in [0, 0.05) is 5.56 Å². The monoisotopic (exact) mass is 162 g/mol. The van der Waals surface area contributed by atoms with E-state index < -0.39 is 0 Å². The number of benzene rings is 1. The molecule has 0 aliphatic rings. The van der Waals surface area contributed by atoms with E-state index in [0.717, 1.165) is 11.3 Å². The van der Waals surface area contributed by atoms with Crippen molar-refractivity contribution in [3.05, 3.63) is 35.4 Å². The van der Waals surface area contributed by atoms with Crippen LogP contribution in [-0.4, -0.2) is 7.11 Å². The van der Waals surface area contributed by atoms with Gasteiger partial charge < -0.3 is 4.74 Å². The lowest BCUT2D eigenvalue weighted by atomic mass is 10.1. The molecule has 0 N–H and O–H groups in total. The SMILES string of the molecule is COc1ccccc1C=C(C)C. The van der Waals surface area contributed by atoms with Crippen LogP contribution in [0, 0.1) is 0 Å². The third kappa shape index (κ3) is 2.12. The summed E-state index contributed by atoms with van der Waals surface area (Å²) in [4.78, 5) is 0. The normalized spacial score (nSPS) is 9.25. The Morgan fingerprint density at radius 1 is 1.25 bits per heavy atom. The molecule has 1 heteroatoms. The number of methoxy groups -OCH3 is 1. The van der Waals surface area contributed by atoms with E-state index in [9.17, 15) is 0 Å². The maximum Gasteiger partial charge on any atom is 0.126 e. The molecule has 0 unspecified atom stereocenters. The first kappa shape index (κ1) is 8.85. The topological polar surface area (TPSA) is 9.23 Å². The zero-order valence-corrected chi connectivity index (χ0v) is 7.79. The van der Waals surface area contributed by atoms with Gasteiger partial charge in [0.2, 0.25) is 0 Å². The Kier molecular flexibility index (Phi) is 2.92. The molecule has 1 aromatic rings. The summed E-state index contributed by atoms with van der Waals surface area (Å²) < 4.78 is 5.20. The van der Waals surface area contributed by atoms with Gasteiger partial charge in [0.25, 0.3) is 0 Å². The molecule has 1 nitrogen and oxygen atoms in total. The summed E-state index contributed by atoms with van der Waals surface area (Å²) in [5, 5.41) is 0. The summed E-state index contributed by atoms with van der Waals surface area (Å²) in [7, 11) is 1.69. The molecular formula is C11H14O. The molecule has 0 fully saturated rings. The second-order valence-corrected chi connectivity index (χ2v) is 2.96. The summed E-state index contributed by atoms with van der Waals surface area (Å²) in [6, 6.07) is 8.00. The average Bonchev–Trinajstić information content (AvgIpc) is 2.04. The van der Waals surface area contributed by atoms with E-state index in [1.165, 1.54) is 5.57 Å². The first-order chi connectivity index (χ1) is 5.74. The highest BCUT2D eigenvalue weighted by Gasteiger charge is 1.95. The second kappa shape index (κ2) is 3.96. The highest BCUT2D eigenvalue weighted by molar-refractivity contribution is 5.58. The van der Waals surface area contributed by atoms with Crippen LogP contribution < -0.4 is 4.74 Å². The first-order valence-corrected chi connectivity index (χ1v) is 4.02. The van der Waals surface area contributed by atoms with Gasteiger partial charge in [0.05, 0.1) is 7.11 Å². The predicted octanol–water partition coefficient (Wildman–Crippen LogP) is 3.12. The number of para-hydroxylation sites is 1. The van der Waals surface area contributed by atoms with Crippen molar-refractivity contribution in [3.8, 4) is 5.75 Å². The fourth-order valence-electron chi connectivity index (χ4n) is 1.10. The highest BCUT2D eigenvalue weighted by atomic mass is 16.5. The molecule has 0 aromatic heterocycles. The molecule has 0 aliphatic heterocycles. The summed E-state index contributed by atoms with van der Waals surface area (Å²) in [6.07, 6.45) is 2.11. The molecule has 0 amide bonds. The zero-order chi connectivity index (χ0) is 8.97. The van der Waals surface area contributed by atoms with Gasteiger partial charge >= 0.3 is 0 Å². The molecular weight excluding hydrogens is 148 g/mol. The van der Waals surface area contributed by atoms with Gasteiger partial charge in [0.1, 0.15) is 5.75 Å². The molecule has 0 atom stereocenters. The summed E-state index contributed by atoms with van der Waals surface area (Å²) in [5.74, 6) is 0.929. The van der Waals surface area contributed by atoms with Crippen molar-refractivity contribution < 1.29 is 4.74 Å². The molecule has 0 aliphatic carbocycles. The lowest BCUT2D eigenvalue weighted by Crippen LogP contribution is -1.85. The van der Waals surface area contributed by atoms with Gasteiger partial charge in [-0.15, -0.1) is 0 Å². The van der Waals surface area contributed by atoms with Crippen LogP contribution >= 0.6 is 0 Å². The molecule has 64 valence electrons. The minimum absolute atomic E-state index is 0.929. The van der Waals surface area contributed by atoms with Crippen LogP contribution in [0.1, 0.15) is 19.4 Å². The lowest BCUT2D eigenvalue weighted by Gasteiger charge is -2.03. The molecule has 0 saturated heterocycles. The summed E-state index contributed by atoms with van der Waals surface area (Å²) >= 11 is 0. The molecule has 0 saturated carbocycles. The molecule has 0 bridgehead atoms. The van der Waals surface area contributed by atoms with Crippen LogP contribution in [0.2, 0.25) is 0 Å². The summed E-state index contributed by atoms with van der Waals surface area (Å²) in [5.41, 5.74) is 2.42. The fraction of sp³-hybridized carbons (Fsp3) is 0.273. The van der Waals surface area contributed by atoms with Crippen LogP contribution in [-0.2, 0) is 0 Å². The van der Waals surface area contributed by atoms with Crippen molar-refractivity contribution in [1.29, 1.82) is 0 Å². The predicted molar refractivity (Wildman–Crippen MR) is 52.3 cm³/mol. The maximum atomic E-state index is 5.20. The third-order valence-electron chi connectivity index (χ3n) is 1.58. The van der Waals surface area contributed by atoms with Crippen LogP contribution in [0.5, 0.6) is 5.75 Å². The van der Waals surface area contributed by atoms with Gasteiger partial charge in [-0.05, 0) is 19.9 Å². The van der Waals surface area contributed by atoms with Crippen molar-refractivity contribution in [1.82, 2.24) is 0 Å². The minimum Gasteiger partial charge on any atom is -0.496 e. The molecule has 1 rings (SSSR count). The van der Waals surface area contributed by atoms with Crippen molar-refractivity contribution in [2.24, 2.45) is 0 Å².